The monoisotopic (exact) mass is 543 g/mol. The number of carbonyl (C=O) groups is 1. The van der Waals surface area contributed by atoms with Crippen molar-refractivity contribution < 1.29 is 9.32 Å². The van der Waals surface area contributed by atoms with Gasteiger partial charge in [-0.3, -0.25) is 4.79 Å². The molecule has 0 bridgehead atoms. The molecule has 2 heterocycles. The Labute approximate surface area is 238 Å². The van der Waals surface area contributed by atoms with E-state index in [9.17, 15) is 4.79 Å². The number of tetrazole rings is 1. The van der Waals surface area contributed by atoms with Crippen LogP contribution in [0, 0.1) is 39.4 Å². The van der Waals surface area contributed by atoms with Gasteiger partial charge in [0.2, 0.25) is 0 Å². The highest BCUT2D eigenvalue weighted by Gasteiger charge is 2.70. The Morgan fingerprint density at radius 2 is 1.80 bits per heavy atom. The summed E-state index contributed by atoms with van der Waals surface area (Å²) in [5.74, 6) is 2.73. The fourth-order valence-corrected chi connectivity index (χ4v) is 11.2. The lowest BCUT2D eigenvalue weighted by molar-refractivity contribution is -0.160. The molecule has 0 unspecified atom stereocenters. The van der Waals surface area contributed by atoms with E-state index in [-0.39, 0.29) is 44.3 Å². The lowest BCUT2D eigenvalue weighted by Crippen LogP contribution is -2.66. The predicted octanol–water partition coefficient (Wildman–Crippen LogP) is 6.71. The average molecular weight is 544 g/mol. The fraction of sp³-hybridized carbons (Fsp3) is 0.727. The van der Waals surface area contributed by atoms with Crippen molar-refractivity contribution in [3.63, 3.8) is 0 Å². The Balaban J connectivity index is 1.38. The molecule has 2 aromatic rings. The topological polar surface area (TPSA) is 86.7 Å². The molecular weight excluding hydrogens is 498 g/mol. The summed E-state index contributed by atoms with van der Waals surface area (Å²) in [5.41, 5.74) is 2.14. The lowest BCUT2D eigenvalue weighted by atomic mass is 9.34. The van der Waals surface area contributed by atoms with E-state index in [0.29, 0.717) is 11.7 Å². The third-order valence-corrected chi connectivity index (χ3v) is 13.4. The van der Waals surface area contributed by atoms with Gasteiger partial charge < -0.3 is 4.52 Å². The van der Waals surface area contributed by atoms with Crippen LogP contribution in [0.15, 0.2) is 28.9 Å². The van der Waals surface area contributed by atoms with E-state index < -0.39 is 0 Å². The summed E-state index contributed by atoms with van der Waals surface area (Å²) in [6.45, 7) is 20.6. The third-order valence-electron chi connectivity index (χ3n) is 13.4. The van der Waals surface area contributed by atoms with E-state index in [2.05, 4.69) is 76.6 Å². The van der Waals surface area contributed by atoms with Gasteiger partial charge in [-0.2, -0.15) is 0 Å². The van der Waals surface area contributed by atoms with Crippen LogP contribution in [0.3, 0.4) is 0 Å². The van der Waals surface area contributed by atoms with Crippen molar-refractivity contribution in [2.24, 2.45) is 39.4 Å². The number of rotatable bonds is 2. The van der Waals surface area contributed by atoms with Crippen molar-refractivity contribution >= 4 is 12.0 Å². The first-order chi connectivity index (χ1) is 18.7. The summed E-state index contributed by atoms with van der Waals surface area (Å²) in [6.07, 6.45) is 13.9. The summed E-state index contributed by atoms with van der Waals surface area (Å²) in [7, 11) is 0. The highest BCUT2D eigenvalue weighted by molar-refractivity contribution is 5.95. The van der Waals surface area contributed by atoms with Gasteiger partial charge in [-0.05, 0) is 96.2 Å². The van der Waals surface area contributed by atoms with Crippen LogP contribution in [0.25, 0.3) is 6.20 Å². The Bertz CT molecular complexity index is 1450. The van der Waals surface area contributed by atoms with E-state index in [1.165, 1.54) is 15.9 Å². The molecule has 0 spiro atoms. The lowest BCUT2D eigenvalue weighted by Gasteiger charge is -2.69. The molecule has 7 rings (SSSR count). The van der Waals surface area contributed by atoms with Crippen molar-refractivity contribution in [2.75, 3.05) is 0 Å². The van der Waals surface area contributed by atoms with Crippen LogP contribution in [-0.2, 0) is 22.0 Å². The minimum atomic E-state index is -0.219. The molecule has 40 heavy (non-hydrogen) atoms. The van der Waals surface area contributed by atoms with Crippen LogP contribution >= 0.6 is 0 Å². The summed E-state index contributed by atoms with van der Waals surface area (Å²) in [6, 6.07) is 0. The van der Waals surface area contributed by atoms with Crippen molar-refractivity contribution in [3.05, 3.63) is 41.6 Å². The number of carbonyl (C=O) groups excluding carboxylic acids is 1. The molecule has 3 fully saturated rings. The molecule has 0 radical (unpaired) electrons. The zero-order valence-electron chi connectivity index (χ0n) is 25.4. The number of fused-ring (bicyclic) bond motifs is 8. The zero-order chi connectivity index (χ0) is 28.5. The molecule has 7 nitrogen and oxygen atoms in total. The van der Waals surface area contributed by atoms with Crippen LogP contribution in [0.1, 0.15) is 111 Å². The maximum Gasteiger partial charge on any atom is 0.181 e. The molecule has 0 aliphatic heterocycles. The van der Waals surface area contributed by atoms with Crippen LogP contribution < -0.4 is 0 Å². The van der Waals surface area contributed by atoms with Gasteiger partial charge in [0.25, 0.3) is 0 Å². The predicted molar refractivity (Wildman–Crippen MR) is 153 cm³/mol. The van der Waals surface area contributed by atoms with Gasteiger partial charge in [0.05, 0.1) is 6.20 Å². The van der Waals surface area contributed by atoms with Gasteiger partial charge in [-0.25, -0.2) is 0 Å². The van der Waals surface area contributed by atoms with Crippen molar-refractivity contribution in [1.82, 2.24) is 25.4 Å². The molecule has 7 heteroatoms. The van der Waals surface area contributed by atoms with Crippen LogP contribution in [0.5, 0.6) is 0 Å². The van der Waals surface area contributed by atoms with E-state index in [4.69, 9.17) is 9.62 Å². The Kier molecular flexibility index (Phi) is 5.15. The summed E-state index contributed by atoms with van der Waals surface area (Å²) in [4.78, 5) is 16.2. The first-order valence-corrected chi connectivity index (χ1v) is 15.4. The second kappa shape index (κ2) is 7.83. The summed E-state index contributed by atoms with van der Waals surface area (Å²) >= 11 is 0. The van der Waals surface area contributed by atoms with Crippen molar-refractivity contribution in [1.29, 1.82) is 0 Å². The molecule has 5 aliphatic carbocycles. The van der Waals surface area contributed by atoms with E-state index in [1.54, 1.807) is 6.20 Å². The average Bonchev–Trinajstić information content (AvgIpc) is 3.55. The van der Waals surface area contributed by atoms with Gasteiger partial charge in [0.15, 0.2) is 11.6 Å². The zero-order valence-corrected chi connectivity index (χ0v) is 25.4. The molecular formula is C33H45N5O2. The molecule has 5 aliphatic rings. The molecule has 3 saturated carbocycles. The molecule has 0 N–H and O–H groups in total. The fourth-order valence-electron chi connectivity index (χ4n) is 11.2. The minimum Gasteiger partial charge on any atom is -0.361 e. The highest BCUT2D eigenvalue weighted by atomic mass is 16.5. The number of ketones is 1. The first kappa shape index (κ1) is 26.3. The van der Waals surface area contributed by atoms with Crippen LogP contribution in [0.2, 0.25) is 0 Å². The summed E-state index contributed by atoms with van der Waals surface area (Å²) in [5, 5.41) is 17.9. The van der Waals surface area contributed by atoms with E-state index >= 15 is 0 Å². The van der Waals surface area contributed by atoms with Gasteiger partial charge in [-0.1, -0.05) is 65.8 Å². The molecule has 0 aromatic carbocycles. The normalized spacial score (nSPS) is 42.9. The number of hydrogen-bond donors (Lipinski definition) is 0. The maximum absolute atomic E-state index is 14.7. The second-order valence-electron chi connectivity index (χ2n) is 16.0. The smallest absolute Gasteiger partial charge is 0.181 e. The first-order valence-electron chi connectivity index (χ1n) is 15.4. The Hall–Kier alpha value is -2.57. The maximum atomic E-state index is 14.7. The van der Waals surface area contributed by atoms with Crippen molar-refractivity contribution in [3.8, 4) is 0 Å². The van der Waals surface area contributed by atoms with Gasteiger partial charge >= 0.3 is 0 Å². The minimum absolute atomic E-state index is 0.0480. The summed E-state index contributed by atoms with van der Waals surface area (Å²) < 4.78 is 5.83. The number of allylic oxidation sites excluding steroid dienone is 2. The number of hydrogen-bond acceptors (Lipinski definition) is 6. The SMILES string of the molecule is C=Cn1nnc([C@]23CCC(C)(C)C[C@H]2[C@H]2C(=O)C=C4[C@@]5(C)Cc6cnoc6C(C)(C)[C@@H]5CC[C@@]4(C)[C@]2(C)CC3)n1. The Morgan fingerprint density at radius 1 is 1.05 bits per heavy atom. The van der Waals surface area contributed by atoms with E-state index in [0.717, 1.165) is 63.0 Å². The molecule has 7 atom stereocenters. The quantitative estimate of drug-likeness (QED) is 0.418. The second-order valence-corrected chi connectivity index (χ2v) is 16.0. The largest absolute Gasteiger partial charge is 0.361 e. The number of nitrogens with zero attached hydrogens (tertiary/aromatic N) is 5. The van der Waals surface area contributed by atoms with Gasteiger partial charge in [0, 0.05) is 28.5 Å². The van der Waals surface area contributed by atoms with Crippen LogP contribution in [0.4, 0.5) is 0 Å². The van der Waals surface area contributed by atoms with Gasteiger partial charge in [-0.15, -0.1) is 15.0 Å². The van der Waals surface area contributed by atoms with Crippen molar-refractivity contribution in [2.45, 2.75) is 111 Å². The molecule has 0 amide bonds. The molecule has 0 saturated heterocycles. The number of aromatic nitrogens is 5. The highest BCUT2D eigenvalue weighted by Crippen LogP contribution is 2.74. The Morgan fingerprint density at radius 3 is 2.52 bits per heavy atom. The third kappa shape index (κ3) is 3.05. The molecule has 2 aromatic heterocycles. The standard InChI is InChI=1S/C33H45N5O2/c1-9-38-36-27(35-37-38)33-14-12-28(2,3)18-21(33)25-22(39)16-24-30(6)17-20-19-34-40-26(20)29(4,5)23(30)10-11-31(24,7)32(25,8)13-15-33/h9,16,19,21,23,25H,1,10-15,17-18H2,2-8H3/t21-,23-,25-,30-,31+,32+,33-/m0/s1. The van der Waals surface area contributed by atoms with E-state index in [1.807, 2.05) is 6.20 Å². The van der Waals surface area contributed by atoms with Gasteiger partial charge in [0.1, 0.15) is 5.76 Å². The van der Waals surface area contributed by atoms with Crippen LogP contribution in [-0.4, -0.2) is 31.1 Å². The molecule has 214 valence electrons.